The van der Waals surface area contributed by atoms with Gasteiger partial charge in [-0.3, -0.25) is 4.79 Å². The first-order valence-corrected chi connectivity index (χ1v) is 10.4. The Bertz CT molecular complexity index is 1170. The lowest BCUT2D eigenvalue weighted by Gasteiger charge is -2.22. The highest BCUT2D eigenvalue weighted by Crippen LogP contribution is 2.36. The van der Waals surface area contributed by atoms with Crippen LogP contribution in [0.3, 0.4) is 0 Å². The average Bonchev–Trinajstić information content (AvgIpc) is 2.78. The number of carbonyl (C=O) groups is 2. The Morgan fingerprint density at radius 1 is 1.13 bits per heavy atom. The second kappa shape index (κ2) is 9.08. The van der Waals surface area contributed by atoms with E-state index in [1.54, 1.807) is 12.1 Å². The first-order valence-electron chi connectivity index (χ1n) is 10.4. The van der Waals surface area contributed by atoms with Gasteiger partial charge in [-0.2, -0.15) is 0 Å². The number of esters is 1. The summed E-state index contributed by atoms with van der Waals surface area (Å²) in [5, 5.41) is 3.34. The SMILES string of the molecule is CCNC(=O)COC(=O)c1c2c(nc3ccccc13)C(=Cc1ccc(F)cc1)CCC2. The van der Waals surface area contributed by atoms with E-state index in [0.717, 1.165) is 35.2 Å². The third-order valence-corrected chi connectivity index (χ3v) is 5.29. The van der Waals surface area contributed by atoms with Crippen LogP contribution in [0.15, 0.2) is 48.5 Å². The Morgan fingerprint density at radius 2 is 1.90 bits per heavy atom. The van der Waals surface area contributed by atoms with E-state index in [-0.39, 0.29) is 18.3 Å². The number of pyridine rings is 1. The summed E-state index contributed by atoms with van der Waals surface area (Å²) in [6.07, 6.45) is 4.35. The number of amides is 1. The lowest BCUT2D eigenvalue weighted by atomic mass is 9.86. The minimum absolute atomic E-state index is 0.285. The number of rotatable bonds is 5. The molecule has 1 aliphatic rings. The zero-order valence-corrected chi connectivity index (χ0v) is 17.3. The van der Waals surface area contributed by atoms with Crippen LogP contribution in [-0.2, 0) is 16.0 Å². The topological polar surface area (TPSA) is 68.3 Å². The van der Waals surface area contributed by atoms with E-state index in [9.17, 15) is 14.0 Å². The zero-order valence-electron chi connectivity index (χ0n) is 17.3. The molecule has 1 aliphatic carbocycles. The van der Waals surface area contributed by atoms with Crippen LogP contribution >= 0.6 is 0 Å². The molecular formula is C25H23FN2O3. The molecule has 4 rings (SSSR count). The third-order valence-electron chi connectivity index (χ3n) is 5.29. The van der Waals surface area contributed by atoms with Crippen molar-refractivity contribution < 1.29 is 18.7 Å². The molecule has 0 saturated carbocycles. The summed E-state index contributed by atoms with van der Waals surface area (Å²) >= 11 is 0. The lowest BCUT2D eigenvalue weighted by molar-refractivity contribution is -0.124. The van der Waals surface area contributed by atoms with Gasteiger partial charge in [-0.25, -0.2) is 14.2 Å². The van der Waals surface area contributed by atoms with Gasteiger partial charge < -0.3 is 10.1 Å². The Balaban J connectivity index is 1.79. The van der Waals surface area contributed by atoms with Gasteiger partial charge >= 0.3 is 5.97 Å². The molecule has 1 aromatic heterocycles. The summed E-state index contributed by atoms with van der Waals surface area (Å²) in [6, 6.07) is 13.7. The summed E-state index contributed by atoms with van der Waals surface area (Å²) in [4.78, 5) is 29.7. The summed E-state index contributed by atoms with van der Waals surface area (Å²) in [6.45, 7) is 1.96. The van der Waals surface area contributed by atoms with Crippen LogP contribution in [0.25, 0.3) is 22.6 Å². The number of likely N-dealkylation sites (N-methyl/N-ethyl adjacent to an activating group) is 1. The maximum absolute atomic E-state index is 13.3. The van der Waals surface area contributed by atoms with Gasteiger partial charge in [-0.05, 0) is 67.2 Å². The maximum atomic E-state index is 13.3. The molecule has 0 unspecified atom stereocenters. The molecule has 1 amide bonds. The van der Waals surface area contributed by atoms with Crippen molar-refractivity contribution in [3.05, 3.63) is 76.7 Å². The zero-order chi connectivity index (χ0) is 21.8. The number of nitrogens with one attached hydrogen (secondary N) is 1. The van der Waals surface area contributed by atoms with Crippen LogP contribution in [0.2, 0.25) is 0 Å². The summed E-state index contributed by atoms with van der Waals surface area (Å²) in [5.74, 6) is -1.14. The van der Waals surface area contributed by atoms with Gasteiger partial charge in [0, 0.05) is 11.9 Å². The van der Waals surface area contributed by atoms with E-state index in [4.69, 9.17) is 9.72 Å². The number of carbonyl (C=O) groups excluding carboxylic acids is 2. The standard InChI is InChI=1S/C25H23FN2O3/c1-2-27-22(29)15-31-25(30)23-19-7-3-4-9-21(19)28-24-17(6-5-8-20(23)24)14-16-10-12-18(26)13-11-16/h3-4,7,9-14H,2,5-6,8,15H2,1H3,(H,27,29). The molecule has 3 aromatic rings. The first kappa shape index (κ1) is 20.7. The predicted octanol–water partition coefficient (Wildman–Crippen LogP) is 4.54. The molecule has 0 bridgehead atoms. The number of ether oxygens (including phenoxy) is 1. The highest BCUT2D eigenvalue weighted by Gasteiger charge is 2.26. The van der Waals surface area contributed by atoms with Crippen LogP contribution < -0.4 is 5.32 Å². The molecule has 5 nitrogen and oxygen atoms in total. The van der Waals surface area contributed by atoms with Crippen molar-refractivity contribution in [1.29, 1.82) is 0 Å². The number of allylic oxidation sites excluding steroid dienone is 1. The second-order valence-electron chi connectivity index (χ2n) is 7.44. The van der Waals surface area contributed by atoms with Gasteiger partial charge in [-0.15, -0.1) is 0 Å². The Kier molecular flexibility index (Phi) is 6.07. The van der Waals surface area contributed by atoms with E-state index in [2.05, 4.69) is 5.32 Å². The van der Waals surface area contributed by atoms with Gasteiger partial charge in [0.15, 0.2) is 6.61 Å². The minimum atomic E-state index is -0.524. The first-order chi connectivity index (χ1) is 15.1. The van der Waals surface area contributed by atoms with E-state index < -0.39 is 5.97 Å². The van der Waals surface area contributed by atoms with Crippen molar-refractivity contribution in [3.63, 3.8) is 0 Å². The van der Waals surface area contributed by atoms with Crippen molar-refractivity contribution in [2.75, 3.05) is 13.2 Å². The molecule has 6 heteroatoms. The van der Waals surface area contributed by atoms with Gasteiger partial charge in [-0.1, -0.05) is 30.3 Å². The summed E-state index contributed by atoms with van der Waals surface area (Å²) in [5.41, 5.74) is 4.63. The van der Waals surface area contributed by atoms with Gasteiger partial charge in [0.2, 0.25) is 0 Å². The Hall–Kier alpha value is -3.54. The van der Waals surface area contributed by atoms with E-state index in [1.165, 1.54) is 12.1 Å². The fourth-order valence-corrected chi connectivity index (χ4v) is 3.92. The highest BCUT2D eigenvalue weighted by atomic mass is 19.1. The van der Waals surface area contributed by atoms with Crippen LogP contribution in [0.1, 0.15) is 46.9 Å². The van der Waals surface area contributed by atoms with Crippen LogP contribution in [0.4, 0.5) is 4.39 Å². The number of hydrogen-bond acceptors (Lipinski definition) is 4. The summed E-state index contributed by atoms with van der Waals surface area (Å²) in [7, 11) is 0. The smallest absolute Gasteiger partial charge is 0.339 e. The molecule has 0 fully saturated rings. The number of fused-ring (bicyclic) bond motifs is 2. The molecule has 0 radical (unpaired) electrons. The number of benzene rings is 2. The summed E-state index contributed by atoms with van der Waals surface area (Å²) < 4.78 is 18.6. The monoisotopic (exact) mass is 418 g/mol. The molecule has 0 saturated heterocycles. The van der Waals surface area contributed by atoms with E-state index >= 15 is 0 Å². The number of nitrogens with zero attached hydrogens (tertiary/aromatic N) is 1. The fraction of sp³-hybridized carbons (Fsp3) is 0.240. The van der Waals surface area contributed by atoms with Crippen molar-refractivity contribution in [3.8, 4) is 0 Å². The van der Waals surface area contributed by atoms with Crippen molar-refractivity contribution in [2.24, 2.45) is 0 Å². The third kappa shape index (κ3) is 4.48. The Morgan fingerprint density at radius 3 is 2.68 bits per heavy atom. The van der Waals surface area contributed by atoms with Gasteiger partial charge in [0.05, 0.1) is 16.8 Å². The number of hydrogen-bond donors (Lipinski definition) is 1. The molecule has 0 aliphatic heterocycles. The molecule has 158 valence electrons. The number of aromatic nitrogens is 1. The average molecular weight is 418 g/mol. The molecule has 0 atom stereocenters. The fourth-order valence-electron chi connectivity index (χ4n) is 3.92. The van der Waals surface area contributed by atoms with E-state index in [1.807, 2.05) is 37.3 Å². The van der Waals surface area contributed by atoms with Crippen molar-refractivity contribution >= 4 is 34.4 Å². The number of halogens is 1. The quantitative estimate of drug-likeness (QED) is 0.618. The molecule has 0 spiro atoms. The Labute approximate surface area is 179 Å². The van der Waals surface area contributed by atoms with Crippen molar-refractivity contribution in [2.45, 2.75) is 26.2 Å². The second-order valence-corrected chi connectivity index (χ2v) is 7.44. The lowest BCUT2D eigenvalue weighted by Crippen LogP contribution is -2.28. The van der Waals surface area contributed by atoms with Crippen molar-refractivity contribution in [1.82, 2.24) is 10.3 Å². The van der Waals surface area contributed by atoms with Gasteiger partial charge in [0.25, 0.3) is 5.91 Å². The molecular weight excluding hydrogens is 395 g/mol. The largest absolute Gasteiger partial charge is 0.452 e. The predicted molar refractivity (Wildman–Crippen MR) is 118 cm³/mol. The molecule has 1 heterocycles. The van der Waals surface area contributed by atoms with Gasteiger partial charge in [0.1, 0.15) is 5.82 Å². The highest BCUT2D eigenvalue weighted by molar-refractivity contribution is 6.07. The van der Waals surface area contributed by atoms with Crippen LogP contribution in [-0.4, -0.2) is 30.0 Å². The number of para-hydroxylation sites is 1. The van der Waals surface area contributed by atoms with E-state index in [0.29, 0.717) is 29.4 Å². The molecule has 31 heavy (non-hydrogen) atoms. The minimum Gasteiger partial charge on any atom is -0.452 e. The molecule has 1 N–H and O–H groups in total. The normalized spacial score (nSPS) is 14.3. The maximum Gasteiger partial charge on any atom is 0.339 e. The molecule has 2 aromatic carbocycles. The van der Waals surface area contributed by atoms with Crippen LogP contribution in [0, 0.1) is 5.82 Å². The van der Waals surface area contributed by atoms with Crippen LogP contribution in [0.5, 0.6) is 0 Å².